The highest BCUT2D eigenvalue weighted by atomic mass is 35.5. The van der Waals surface area contributed by atoms with Crippen LogP contribution in [0.4, 0.5) is 5.82 Å². The van der Waals surface area contributed by atoms with Gasteiger partial charge in [0.2, 0.25) is 0 Å². The molecule has 0 saturated heterocycles. The summed E-state index contributed by atoms with van der Waals surface area (Å²) in [6.45, 7) is 1.52. The van der Waals surface area contributed by atoms with Gasteiger partial charge >= 0.3 is 0 Å². The van der Waals surface area contributed by atoms with Crippen molar-refractivity contribution in [3.05, 3.63) is 76.7 Å². The van der Waals surface area contributed by atoms with Gasteiger partial charge in [0.1, 0.15) is 5.82 Å². The molecule has 0 saturated carbocycles. The van der Waals surface area contributed by atoms with E-state index in [1.807, 2.05) is 43.6 Å². The number of aromatic nitrogens is 3. The molecule has 1 atom stereocenters. The Bertz CT molecular complexity index is 840. The summed E-state index contributed by atoms with van der Waals surface area (Å²) in [5, 5.41) is 8.54. The highest BCUT2D eigenvalue weighted by molar-refractivity contribution is 6.30. The molecule has 0 spiro atoms. The van der Waals surface area contributed by atoms with E-state index >= 15 is 0 Å². The van der Waals surface area contributed by atoms with E-state index in [9.17, 15) is 4.79 Å². The summed E-state index contributed by atoms with van der Waals surface area (Å²) in [6.07, 6.45) is 3.47. The van der Waals surface area contributed by atoms with Gasteiger partial charge in [0.15, 0.2) is 5.78 Å². The SMILES string of the molecule is CC(=O)c1ccc(NC(c2ccc(Cl)cc2)c2ccn(C)n2)nc1. The lowest BCUT2D eigenvalue weighted by atomic mass is 10.0. The minimum atomic E-state index is -0.167. The van der Waals surface area contributed by atoms with Gasteiger partial charge in [-0.1, -0.05) is 23.7 Å². The molecule has 6 heteroatoms. The van der Waals surface area contributed by atoms with Gasteiger partial charge in [0, 0.05) is 30.0 Å². The van der Waals surface area contributed by atoms with Crippen molar-refractivity contribution in [2.75, 3.05) is 5.32 Å². The van der Waals surface area contributed by atoms with Crippen LogP contribution in [0.5, 0.6) is 0 Å². The van der Waals surface area contributed by atoms with E-state index in [2.05, 4.69) is 15.4 Å². The largest absolute Gasteiger partial charge is 0.358 e. The molecule has 24 heavy (non-hydrogen) atoms. The molecule has 0 radical (unpaired) electrons. The van der Waals surface area contributed by atoms with Gasteiger partial charge in [-0.25, -0.2) is 4.98 Å². The van der Waals surface area contributed by atoms with Crippen LogP contribution in [-0.4, -0.2) is 20.5 Å². The van der Waals surface area contributed by atoms with Gasteiger partial charge in [-0.15, -0.1) is 0 Å². The van der Waals surface area contributed by atoms with Crippen LogP contribution in [0.2, 0.25) is 5.02 Å². The van der Waals surface area contributed by atoms with E-state index in [0.717, 1.165) is 11.3 Å². The molecular formula is C18H17ClN4O. The second-order valence-corrected chi connectivity index (χ2v) is 5.97. The van der Waals surface area contributed by atoms with Crippen molar-refractivity contribution in [2.45, 2.75) is 13.0 Å². The van der Waals surface area contributed by atoms with Crippen LogP contribution in [0.3, 0.4) is 0 Å². The number of aryl methyl sites for hydroxylation is 1. The number of halogens is 1. The van der Waals surface area contributed by atoms with Crippen molar-refractivity contribution in [1.29, 1.82) is 0 Å². The third kappa shape index (κ3) is 3.63. The van der Waals surface area contributed by atoms with Crippen molar-refractivity contribution >= 4 is 23.2 Å². The normalized spacial score (nSPS) is 12.0. The molecule has 0 amide bonds. The lowest BCUT2D eigenvalue weighted by molar-refractivity contribution is 0.101. The average molecular weight is 341 g/mol. The van der Waals surface area contributed by atoms with Gasteiger partial charge in [-0.2, -0.15) is 5.10 Å². The van der Waals surface area contributed by atoms with Gasteiger partial charge in [0.25, 0.3) is 0 Å². The van der Waals surface area contributed by atoms with Crippen molar-refractivity contribution in [3.63, 3.8) is 0 Å². The average Bonchev–Trinajstić information content (AvgIpc) is 3.00. The molecule has 1 N–H and O–H groups in total. The zero-order valence-electron chi connectivity index (χ0n) is 13.4. The van der Waals surface area contributed by atoms with Crippen LogP contribution in [0.15, 0.2) is 54.9 Å². The third-order valence-electron chi connectivity index (χ3n) is 3.70. The first-order valence-corrected chi connectivity index (χ1v) is 7.89. The number of benzene rings is 1. The Balaban J connectivity index is 1.92. The van der Waals surface area contributed by atoms with Crippen LogP contribution in [0.25, 0.3) is 0 Å². The second kappa shape index (κ2) is 6.84. The van der Waals surface area contributed by atoms with Crippen LogP contribution in [-0.2, 0) is 7.05 Å². The summed E-state index contributed by atoms with van der Waals surface area (Å²) in [4.78, 5) is 15.7. The summed E-state index contributed by atoms with van der Waals surface area (Å²) in [5.41, 5.74) is 2.48. The maximum atomic E-state index is 11.4. The summed E-state index contributed by atoms with van der Waals surface area (Å²) in [6, 6.07) is 13.0. The van der Waals surface area contributed by atoms with E-state index in [0.29, 0.717) is 16.4 Å². The predicted octanol–water partition coefficient (Wildman–Crippen LogP) is 3.87. The van der Waals surface area contributed by atoms with Crippen LogP contribution < -0.4 is 5.32 Å². The molecular weight excluding hydrogens is 324 g/mol. The molecule has 2 heterocycles. The van der Waals surface area contributed by atoms with Gasteiger partial charge in [-0.05, 0) is 42.8 Å². The summed E-state index contributed by atoms with van der Waals surface area (Å²) >= 11 is 5.99. The molecule has 1 aromatic carbocycles. The molecule has 3 rings (SSSR count). The Morgan fingerprint density at radius 1 is 1.17 bits per heavy atom. The van der Waals surface area contributed by atoms with E-state index in [1.54, 1.807) is 23.0 Å². The lowest BCUT2D eigenvalue weighted by Gasteiger charge is -2.18. The lowest BCUT2D eigenvalue weighted by Crippen LogP contribution is -2.14. The van der Waals surface area contributed by atoms with E-state index in [4.69, 9.17) is 11.6 Å². The fourth-order valence-corrected chi connectivity index (χ4v) is 2.53. The second-order valence-electron chi connectivity index (χ2n) is 5.53. The molecule has 122 valence electrons. The first kappa shape index (κ1) is 16.2. The van der Waals surface area contributed by atoms with E-state index in [-0.39, 0.29) is 11.8 Å². The van der Waals surface area contributed by atoms with Gasteiger partial charge < -0.3 is 5.32 Å². The smallest absolute Gasteiger partial charge is 0.161 e. The quantitative estimate of drug-likeness (QED) is 0.716. The molecule has 0 fully saturated rings. The standard InChI is InChI=1S/C18H17ClN4O/c1-12(24)14-5-8-17(20-11-14)21-18(16-9-10-23(2)22-16)13-3-6-15(19)7-4-13/h3-11,18H,1-2H3,(H,20,21). The highest BCUT2D eigenvalue weighted by Crippen LogP contribution is 2.26. The molecule has 0 aliphatic heterocycles. The summed E-state index contributed by atoms with van der Waals surface area (Å²) in [5.74, 6) is 0.665. The van der Waals surface area contributed by atoms with Crippen molar-refractivity contribution < 1.29 is 4.79 Å². The molecule has 3 aromatic rings. The number of hydrogen-bond donors (Lipinski definition) is 1. The monoisotopic (exact) mass is 340 g/mol. The molecule has 0 aliphatic rings. The van der Waals surface area contributed by atoms with E-state index < -0.39 is 0 Å². The minimum Gasteiger partial charge on any atom is -0.358 e. The third-order valence-corrected chi connectivity index (χ3v) is 3.95. The van der Waals surface area contributed by atoms with Crippen LogP contribution in [0.1, 0.15) is 34.6 Å². The van der Waals surface area contributed by atoms with Crippen molar-refractivity contribution in [2.24, 2.45) is 7.05 Å². The number of pyridine rings is 1. The Hall–Kier alpha value is -2.66. The van der Waals surface area contributed by atoms with Crippen molar-refractivity contribution in [3.8, 4) is 0 Å². The first-order chi connectivity index (χ1) is 11.5. The first-order valence-electron chi connectivity index (χ1n) is 7.51. The Kier molecular flexibility index (Phi) is 4.62. The maximum Gasteiger partial charge on any atom is 0.161 e. The fourth-order valence-electron chi connectivity index (χ4n) is 2.41. The Morgan fingerprint density at radius 3 is 2.46 bits per heavy atom. The number of hydrogen-bond acceptors (Lipinski definition) is 4. The molecule has 5 nitrogen and oxygen atoms in total. The number of anilines is 1. The zero-order chi connectivity index (χ0) is 17.1. The van der Waals surface area contributed by atoms with Crippen molar-refractivity contribution in [1.82, 2.24) is 14.8 Å². The Labute approximate surface area is 145 Å². The number of Topliss-reactive ketones (excluding diaryl/α,β-unsaturated/α-hetero) is 1. The topological polar surface area (TPSA) is 59.8 Å². The van der Waals surface area contributed by atoms with Gasteiger partial charge in [0.05, 0.1) is 11.7 Å². The number of carbonyl (C=O) groups is 1. The fraction of sp³-hybridized carbons (Fsp3) is 0.167. The summed E-state index contributed by atoms with van der Waals surface area (Å²) in [7, 11) is 1.88. The predicted molar refractivity (Wildman–Crippen MR) is 94.4 cm³/mol. The van der Waals surface area contributed by atoms with Crippen LogP contribution >= 0.6 is 11.6 Å². The number of nitrogens with zero attached hydrogens (tertiary/aromatic N) is 3. The molecule has 0 aliphatic carbocycles. The Morgan fingerprint density at radius 2 is 1.92 bits per heavy atom. The number of ketones is 1. The van der Waals surface area contributed by atoms with Gasteiger partial charge in [-0.3, -0.25) is 9.48 Å². The summed E-state index contributed by atoms with van der Waals surface area (Å²) < 4.78 is 1.76. The number of nitrogens with one attached hydrogen (secondary N) is 1. The van der Waals surface area contributed by atoms with E-state index in [1.165, 1.54) is 6.92 Å². The minimum absolute atomic E-state index is 0.00646. The zero-order valence-corrected chi connectivity index (χ0v) is 14.2. The highest BCUT2D eigenvalue weighted by Gasteiger charge is 2.17. The molecule has 1 unspecified atom stereocenters. The number of carbonyl (C=O) groups excluding carboxylic acids is 1. The maximum absolute atomic E-state index is 11.4. The molecule has 0 bridgehead atoms. The molecule has 2 aromatic heterocycles. The number of rotatable bonds is 5. The van der Waals surface area contributed by atoms with Crippen LogP contribution in [0, 0.1) is 0 Å².